The van der Waals surface area contributed by atoms with E-state index >= 15 is 0 Å². The SMILES string of the molecule is Cc1ccc(C(=O)NCCCCN(C)C(C)C)c(F)c1. The van der Waals surface area contributed by atoms with Crippen molar-refractivity contribution in [2.24, 2.45) is 0 Å². The summed E-state index contributed by atoms with van der Waals surface area (Å²) < 4.78 is 13.6. The molecule has 20 heavy (non-hydrogen) atoms. The Morgan fingerprint density at radius 2 is 2.05 bits per heavy atom. The van der Waals surface area contributed by atoms with Crippen molar-refractivity contribution >= 4 is 5.91 Å². The quantitative estimate of drug-likeness (QED) is 0.779. The Bertz CT molecular complexity index is 446. The van der Waals surface area contributed by atoms with Crippen molar-refractivity contribution in [1.29, 1.82) is 0 Å². The molecule has 0 unspecified atom stereocenters. The summed E-state index contributed by atoms with van der Waals surface area (Å²) in [6, 6.07) is 5.19. The first-order valence-corrected chi connectivity index (χ1v) is 7.16. The van der Waals surface area contributed by atoms with Crippen LogP contribution in [0.3, 0.4) is 0 Å². The Morgan fingerprint density at radius 1 is 1.35 bits per heavy atom. The Hall–Kier alpha value is -1.42. The number of hydrogen-bond acceptors (Lipinski definition) is 2. The standard InChI is InChI=1S/C16H25FN2O/c1-12(2)19(4)10-6-5-9-18-16(20)14-8-7-13(3)11-15(14)17/h7-8,11-12H,5-6,9-10H2,1-4H3,(H,18,20). The summed E-state index contributed by atoms with van der Waals surface area (Å²) >= 11 is 0. The summed E-state index contributed by atoms with van der Waals surface area (Å²) in [7, 11) is 2.09. The lowest BCUT2D eigenvalue weighted by molar-refractivity contribution is 0.0948. The fourth-order valence-electron chi connectivity index (χ4n) is 1.85. The van der Waals surface area contributed by atoms with Crippen LogP contribution in [0, 0.1) is 12.7 Å². The van der Waals surface area contributed by atoms with Gasteiger partial charge in [-0.15, -0.1) is 0 Å². The smallest absolute Gasteiger partial charge is 0.254 e. The molecule has 0 aliphatic carbocycles. The number of aryl methyl sites for hydroxylation is 1. The third-order valence-electron chi connectivity index (χ3n) is 3.47. The molecule has 0 spiro atoms. The molecule has 1 aromatic rings. The van der Waals surface area contributed by atoms with Gasteiger partial charge in [0.25, 0.3) is 5.91 Å². The minimum absolute atomic E-state index is 0.120. The number of nitrogens with zero attached hydrogens (tertiary/aromatic N) is 1. The lowest BCUT2D eigenvalue weighted by Gasteiger charge is -2.20. The highest BCUT2D eigenvalue weighted by atomic mass is 19.1. The first-order chi connectivity index (χ1) is 9.41. The second-order valence-electron chi connectivity index (χ2n) is 5.52. The van der Waals surface area contributed by atoms with E-state index in [9.17, 15) is 9.18 Å². The molecule has 0 saturated heterocycles. The van der Waals surface area contributed by atoms with E-state index in [4.69, 9.17) is 0 Å². The zero-order chi connectivity index (χ0) is 15.1. The van der Waals surface area contributed by atoms with Gasteiger partial charge in [0.2, 0.25) is 0 Å². The van der Waals surface area contributed by atoms with Crippen LogP contribution in [-0.4, -0.2) is 37.0 Å². The third-order valence-corrected chi connectivity index (χ3v) is 3.47. The predicted octanol–water partition coefficient (Wildman–Crippen LogP) is 2.98. The number of halogens is 1. The molecule has 0 atom stereocenters. The number of nitrogens with one attached hydrogen (secondary N) is 1. The van der Waals surface area contributed by atoms with Crippen LogP contribution in [-0.2, 0) is 0 Å². The maximum atomic E-state index is 13.6. The molecule has 1 N–H and O–H groups in total. The highest BCUT2D eigenvalue weighted by Crippen LogP contribution is 2.09. The van der Waals surface area contributed by atoms with Crippen LogP contribution < -0.4 is 5.32 Å². The van der Waals surface area contributed by atoms with Gasteiger partial charge < -0.3 is 10.2 Å². The van der Waals surface area contributed by atoms with Crippen LogP contribution in [0.4, 0.5) is 4.39 Å². The molecule has 1 amide bonds. The minimum atomic E-state index is -0.456. The third kappa shape index (κ3) is 5.29. The van der Waals surface area contributed by atoms with Gasteiger partial charge in [0, 0.05) is 12.6 Å². The van der Waals surface area contributed by atoms with Crippen molar-refractivity contribution in [2.45, 2.75) is 39.7 Å². The highest BCUT2D eigenvalue weighted by molar-refractivity contribution is 5.94. The van der Waals surface area contributed by atoms with Gasteiger partial charge in [-0.25, -0.2) is 4.39 Å². The van der Waals surface area contributed by atoms with E-state index in [1.807, 2.05) is 0 Å². The van der Waals surface area contributed by atoms with Gasteiger partial charge >= 0.3 is 0 Å². The molecule has 1 aromatic carbocycles. The molecule has 1 rings (SSSR count). The van der Waals surface area contributed by atoms with Crippen molar-refractivity contribution in [3.05, 3.63) is 35.1 Å². The predicted molar refractivity (Wildman–Crippen MR) is 80.5 cm³/mol. The normalized spacial score (nSPS) is 11.2. The molecular formula is C16H25FN2O. The van der Waals surface area contributed by atoms with E-state index in [1.165, 1.54) is 12.1 Å². The molecule has 0 radical (unpaired) electrons. The number of carbonyl (C=O) groups is 1. The maximum Gasteiger partial charge on any atom is 0.254 e. The van der Waals surface area contributed by atoms with Crippen LogP contribution in [0.25, 0.3) is 0 Å². The minimum Gasteiger partial charge on any atom is -0.352 e. The van der Waals surface area contributed by atoms with Gasteiger partial charge in [-0.2, -0.15) is 0 Å². The Morgan fingerprint density at radius 3 is 2.65 bits per heavy atom. The van der Waals surface area contributed by atoms with Crippen molar-refractivity contribution in [1.82, 2.24) is 10.2 Å². The van der Waals surface area contributed by atoms with Crippen molar-refractivity contribution in [3.63, 3.8) is 0 Å². The molecule has 3 nitrogen and oxygen atoms in total. The van der Waals surface area contributed by atoms with Gasteiger partial charge in [-0.05, 0) is 64.9 Å². The lowest BCUT2D eigenvalue weighted by atomic mass is 10.1. The van der Waals surface area contributed by atoms with Gasteiger partial charge in [-0.1, -0.05) is 6.07 Å². The van der Waals surface area contributed by atoms with Crippen molar-refractivity contribution < 1.29 is 9.18 Å². The number of unbranched alkanes of at least 4 members (excludes halogenated alkanes) is 1. The summed E-state index contributed by atoms with van der Waals surface area (Å²) in [5.41, 5.74) is 0.936. The van der Waals surface area contributed by atoms with Gasteiger partial charge in [0.15, 0.2) is 0 Å². The number of amides is 1. The average Bonchev–Trinajstić information content (AvgIpc) is 2.37. The first-order valence-electron chi connectivity index (χ1n) is 7.16. The summed E-state index contributed by atoms with van der Waals surface area (Å²) in [4.78, 5) is 14.1. The average molecular weight is 280 g/mol. The molecule has 0 fully saturated rings. The summed E-state index contributed by atoms with van der Waals surface area (Å²) in [5, 5.41) is 2.76. The van der Waals surface area contributed by atoms with Crippen LogP contribution in [0.15, 0.2) is 18.2 Å². The molecule has 0 aromatic heterocycles. The molecular weight excluding hydrogens is 255 g/mol. The van der Waals surface area contributed by atoms with E-state index in [-0.39, 0.29) is 11.5 Å². The number of rotatable bonds is 7. The van der Waals surface area contributed by atoms with E-state index in [1.54, 1.807) is 13.0 Å². The lowest BCUT2D eigenvalue weighted by Crippen LogP contribution is -2.29. The van der Waals surface area contributed by atoms with Gasteiger partial charge in [-0.3, -0.25) is 4.79 Å². The molecule has 4 heteroatoms. The van der Waals surface area contributed by atoms with Crippen LogP contribution in [0.5, 0.6) is 0 Å². The Balaban J connectivity index is 2.30. The molecule has 0 heterocycles. The molecule has 112 valence electrons. The fourth-order valence-corrected chi connectivity index (χ4v) is 1.85. The second kappa shape index (κ2) is 8.00. The highest BCUT2D eigenvalue weighted by Gasteiger charge is 2.10. The van der Waals surface area contributed by atoms with E-state index in [2.05, 4.69) is 31.1 Å². The molecule has 0 aliphatic rings. The van der Waals surface area contributed by atoms with Crippen LogP contribution in [0.2, 0.25) is 0 Å². The van der Waals surface area contributed by atoms with E-state index in [0.717, 1.165) is 24.9 Å². The number of carbonyl (C=O) groups excluding carboxylic acids is 1. The second-order valence-corrected chi connectivity index (χ2v) is 5.52. The van der Waals surface area contributed by atoms with Crippen LogP contribution in [0.1, 0.15) is 42.6 Å². The zero-order valence-corrected chi connectivity index (χ0v) is 12.9. The molecule has 0 saturated carbocycles. The van der Waals surface area contributed by atoms with E-state index in [0.29, 0.717) is 12.6 Å². The topological polar surface area (TPSA) is 32.3 Å². The Labute approximate surface area is 121 Å². The fraction of sp³-hybridized carbons (Fsp3) is 0.562. The first kappa shape index (κ1) is 16.6. The largest absolute Gasteiger partial charge is 0.352 e. The van der Waals surface area contributed by atoms with Gasteiger partial charge in [0.1, 0.15) is 5.82 Å². The van der Waals surface area contributed by atoms with Gasteiger partial charge in [0.05, 0.1) is 5.56 Å². The monoisotopic (exact) mass is 280 g/mol. The molecule has 0 aliphatic heterocycles. The van der Waals surface area contributed by atoms with Crippen LogP contribution >= 0.6 is 0 Å². The van der Waals surface area contributed by atoms with Crippen molar-refractivity contribution in [3.8, 4) is 0 Å². The number of hydrogen-bond donors (Lipinski definition) is 1. The van der Waals surface area contributed by atoms with Crippen molar-refractivity contribution in [2.75, 3.05) is 20.1 Å². The maximum absolute atomic E-state index is 13.6. The summed E-state index contributed by atoms with van der Waals surface area (Å²) in [6.07, 6.45) is 1.92. The number of benzene rings is 1. The zero-order valence-electron chi connectivity index (χ0n) is 12.9. The summed E-state index contributed by atoms with van der Waals surface area (Å²) in [5.74, 6) is -0.790. The summed E-state index contributed by atoms with van der Waals surface area (Å²) in [6.45, 7) is 7.70. The Kier molecular flexibility index (Phi) is 6.65. The molecule has 0 bridgehead atoms. The van der Waals surface area contributed by atoms with E-state index < -0.39 is 5.82 Å².